The fraction of sp³-hybridized carbons (Fsp3) is 0.118. The third kappa shape index (κ3) is 1.87. The van der Waals surface area contributed by atoms with E-state index in [4.69, 9.17) is 0 Å². The van der Waals surface area contributed by atoms with Crippen molar-refractivity contribution in [2.45, 2.75) is 12.1 Å². The Kier molecular flexibility index (Phi) is 2.62. The first-order chi connectivity index (χ1) is 10.2. The second-order valence-electron chi connectivity index (χ2n) is 5.23. The summed E-state index contributed by atoms with van der Waals surface area (Å²) < 4.78 is 16.4. The normalized spacial score (nSPS) is 20.5. The molecule has 3 aromatic rings. The number of hydrogen-bond donors (Lipinski definition) is 1. The van der Waals surface area contributed by atoms with E-state index in [0.29, 0.717) is 11.3 Å². The standard InChI is InChI=1S/C17H12FNOS/c18-17(13-6-2-3-7-14(13)19-16(17)20)10-12-9-11-5-1-4-8-15(11)21-12/h1-9H,10H2,(H,19,20). The molecular formula is C17H12FNOS. The molecule has 2 nitrogen and oxygen atoms in total. The number of hydrogen-bond acceptors (Lipinski definition) is 2. The van der Waals surface area contributed by atoms with E-state index in [2.05, 4.69) is 5.32 Å². The summed E-state index contributed by atoms with van der Waals surface area (Å²) in [7, 11) is 0. The van der Waals surface area contributed by atoms with Crippen LogP contribution in [0.25, 0.3) is 10.1 Å². The number of benzene rings is 2. The fourth-order valence-corrected chi connectivity index (χ4v) is 3.95. The van der Waals surface area contributed by atoms with E-state index in [0.717, 1.165) is 15.0 Å². The first-order valence-corrected chi connectivity index (χ1v) is 7.56. The molecule has 0 aliphatic carbocycles. The Morgan fingerprint density at radius 3 is 2.71 bits per heavy atom. The highest BCUT2D eigenvalue weighted by Gasteiger charge is 2.47. The molecule has 1 aliphatic heterocycles. The van der Waals surface area contributed by atoms with Gasteiger partial charge in [-0.1, -0.05) is 36.4 Å². The number of amides is 1. The van der Waals surface area contributed by atoms with Gasteiger partial charge < -0.3 is 5.32 Å². The first kappa shape index (κ1) is 12.5. The van der Waals surface area contributed by atoms with Gasteiger partial charge in [-0.3, -0.25) is 4.79 Å². The van der Waals surface area contributed by atoms with Gasteiger partial charge in [0.1, 0.15) is 0 Å². The number of anilines is 1. The molecule has 1 unspecified atom stereocenters. The van der Waals surface area contributed by atoms with Gasteiger partial charge in [-0.05, 0) is 23.6 Å². The minimum atomic E-state index is -1.97. The summed E-state index contributed by atoms with van der Waals surface area (Å²) in [6.45, 7) is 0. The summed E-state index contributed by atoms with van der Waals surface area (Å²) in [6, 6.07) is 16.9. The van der Waals surface area contributed by atoms with Crippen LogP contribution in [0, 0.1) is 0 Å². The van der Waals surface area contributed by atoms with Crippen molar-refractivity contribution in [1.82, 2.24) is 0 Å². The van der Waals surface area contributed by atoms with Crippen molar-refractivity contribution >= 4 is 33.0 Å². The molecule has 2 aromatic carbocycles. The van der Waals surface area contributed by atoms with Gasteiger partial charge in [-0.15, -0.1) is 11.3 Å². The van der Waals surface area contributed by atoms with Gasteiger partial charge in [0.05, 0.1) is 0 Å². The van der Waals surface area contributed by atoms with Crippen LogP contribution in [0.1, 0.15) is 10.4 Å². The van der Waals surface area contributed by atoms with Gasteiger partial charge in [0, 0.05) is 27.2 Å². The van der Waals surface area contributed by atoms with Gasteiger partial charge in [-0.2, -0.15) is 0 Å². The average Bonchev–Trinajstić information content (AvgIpc) is 2.99. The second-order valence-corrected chi connectivity index (χ2v) is 6.40. The Hall–Kier alpha value is -2.20. The molecular weight excluding hydrogens is 285 g/mol. The van der Waals surface area contributed by atoms with E-state index in [1.165, 1.54) is 11.3 Å². The van der Waals surface area contributed by atoms with E-state index in [1.54, 1.807) is 24.3 Å². The Balaban J connectivity index is 1.77. The lowest BCUT2D eigenvalue weighted by molar-refractivity contribution is -0.126. The SMILES string of the molecule is O=C1Nc2ccccc2C1(F)Cc1cc2ccccc2s1. The predicted molar refractivity (Wildman–Crippen MR) is 83.4 cm³/mol. The van der Waals surface area contributed by atoms with Crippen molar-refractivity contribution in [1.29, 1.82) is 0 Å². The van der Waals surface area contributed by atoms with Crippen molar-refractivity contribution in [3.63, 3.8) is 0 Å². The van der Waals surface area contributed by atoms with E-state index in [-0.39, 0.29) is 6.42 Å². The van der Waals surface area contributed by atoms with Crippen LogP contribution in [0.15, 0.2) is 54.6 Å². The molecule has 0 fully saturated rings. The summed E-state index contributed by atoms with van der Waals surface area (Å²) >= 11 is 1.54. The maximum absolute atomic E-state index is 15.3. The minimum Gasteiger partial charge on any atom is -0.323 e. The zero-order valence-corrected chi connectivity index (χ0v) is 11.9. The summed E-state index contributed by atoms with van der Waals surface area (Å²) in [6.07, 6.45) is 0.0786. The quantitative estimate of drug-likeness (QED) is 0.752. The van der Waals surface area contributed by atoms with E-state index >= 15 is 4.39 Å². The maximum atomic E-state index is 15.3. The molecule has 21 heavy (non-hydrogen) atoms. The number of rotatable bonds is 2. The fourth-order valence-electron chi connectivity index (χ4n) is 2.82. The maximum Gasteiger partial charge on any atom is 0.267 e. The highest BCUT2D eigenvalue weighted by molar-refractivity contribution is 7.19. The summed E-state index contributed by atoms with van der Waals surface area (Å²) in [4.78, 5) is 13.0. The minimum absolute atomic E-state index is 0.0786. The molecule has 1 aromatic heterocycles. The smallest absolute Gasteiger partial charge is 0.267 e. The van der Waals surface area contributed by atoms with Gasteiger partial charge >= 0.3 is 0 Å². The van der Waals surface area contributed by atoms with E-state index < -0.39 is 11.6 Å². The van der Waals surface area contributed by atoms with E-state index in [9.17, 15) is 4.79 Å². The van der Waals surface area contributed by atoms with Crippen LogP contribution in [-0.2, 0) is 16.9 Å². The number of fused-ring (bicyclic) bond motifs is 2. The first-order valence-electron chi connectivity index (χ1n) is 6.74. The van der Waals surface area contributed by atoms with Crippen LogP contribution in [0.2, 0.25) is 0 Å². The number of alkyl halides is 1. The highest BCUT2D eigenvalue weighted by atomic mass is 32.1. The number of carbonyl (C=O) groups excluding carboxylic acids is 1. The van der Waals surface area contributed by atoms with Crippen LogP contribution in [0.5, 0.6) is 0 Å². The van der Waals surface area contributed by atoms with Gasteiger partial charge in [0.25, 0.3) is 5.91 Å². The van der Waals surface area contributed by atoms with Gasteiger partial charge in [-0.25, -0.2) is 4.39 Å². The van der Waals surface area contributed by atoms with Crippen LogP contribution in [0.4, 0.5) is 10.1 Å². The largest absolute Gasteiger partial charge is 0.323 e. The summed E-state index contributed by atoms with van der Waals surface area (Å²) in [5.74, 6) is -0.568. The number of carbonyl (C=O) groups is 1. The molecule has 1 N–H and O–H groups in total. The summed E-state index contributed by atoms with van der Waals surface area (Å²) in [5, 5.41) is 3.72. The molecule has 4 heteroatoms. The number of halogens is 1. The highest BCUT2D eigenvalue weighted by Crippen LogP contribution is 2.42. The molecule has 104 valence electrons. The molecule has 0 spiro atoms. The monoisotopic (exact) mass is 297 g/mol. The molecule has 1 atom stereocenters. The Labute approximate surface area is 125 Å². The van der Waals surface area contributed by atoms with Crippen molar-refractivity contribution in [3.05, 3.63) is 65.0 Å². The molecule has 4 rings (SSSR count). The van der Waals surface area contributed by atoms with Crippen LogP contribution in [0.3, 0.4) is 0 Å². The Bertz CT molecular complexity index is 824. The van der Waals surface area contributed by atoms with Gasteiger partial charge in [0.2, 0.25) is 5.67 Å². The Morgan fingerprint density at radius 2 is 1.86 bits per heavy atom. The molecule has 0 bridgehead atoms. The topological polar surface area (TPSA) is 29.1 Å². The van der Waals surface area contributed by atoms with E-state index in [1.807, 2.05) is 30.3 Å². The average molecular weight is 297 g/mol. The lowest BCUT2D eigenvalue weighted by atomic mass is 9.93. The third-order valence-corrected chi connectivity index (χ3v) is 4.97. The molecule has 1 amide bonds. The van der Waals surface area contributed by atoms with Crippen molar-refractivity contribution < 1.29 is 9.18 Å². The zero-order valence-electron chi connectivity index (χ0n) is 11.1. The van der Waals surface area contributed by atoms with Crippen molar-refractivity contribution in [2.75, 3.05) is 5.32 Å². The number of thiophene rings is 1. The number of nitrogens with one attached hydrogen (secondary N) is 1. The van der Waals surface area contributed by atoms with Crippen LogP contribution >= 0.6 is 11.3 Å². The lowest BCUT2D eigenvalue weighted by Crippen LogP contribution is -2.31. The third-order valence-electron chi connectivity index (χ3n) is 3.86. The lowest BCUT2D eigenvalue weighted by Gasteiger charge is -2.16. The van der Waals surface area contributed by atoms with Crippen LogP contribution < -0.4 is 5.32 Å². The van der Waals surface area contributed by atoms with Crippen molar-refractivity contribution in [2.24, 2.45) is 0 Å². The zero-order chi connectivity index (χ0) is 14.4. The Morgan fingerprint density at radius 1 is 1.10 bits per heavy atom. The van der Waals surface area contributed by atoms with Gasteiger partial charge in [0.15, 0.2) is 0 Å². The molecule has 1 aliphatic rings. The number of para-hydroxylation sites is 1. The molecule has 2 heterocycles. The molecule has 0 radical (unpaired) electrons. The van der Waals surface area contributed by atoms with Crippen molar-refractivity contribution in [3.8, 4) is 0 Å². The second kappa shape index (κ2) is 4.40. The summed E-state index contributed by atoms with van der Waals surface area (Å²) in [5.41, 5.74) is -0.962. The molecule has 0 saturated carbocycles. The van der Waals surface area contributed by atoms with Crippen LogP contribution in [-0.4, -0.2) is 5.91 Å². The predicted octanol–water partition coefficient (Wildman–Crippen LogP) is 4.26. The molecule has 0 saturated heterocycles.